The van der Waals surface area contributed by atoms with Crippen LogP contribution in [0, 0.1) is 11.7 Å². The molecule has 1 saturated carbocycles. The van der Waals surface area contributed by atoms with Crippen LogP contribution in [0.5, 0.6) is 0 Å². The Morgan fingerprint density at radius 2 is 2.00 bits per heavy atom. The van der Waals surface area contributed by atoms with Gasteiger partial charge in [-0.25, -0.2) is 14.1 Å². The number of hydrogen-bond acceptors (Lipinski definition) is 5. The number of aromatic nitrogens is 3. The van der Waals surface area contributed by atoms with Gasteiger partial charge < -0.3 is 4.74 Å². The summed E-state index contributed by atoms with van der Waals surface area (Å²) in [6, 6.07) is 5.27. The van der Waals surface area contributed by atoms with Crippen LogP contribution in [0.4, 0.5) is 4.39 Å². The highest BCUT2D eigenvalue weighted by molar-refractivity contribution is 5.97. The lowest BCUT2D eigenvalue weighted by Gasteiger charge is -2.10. The summed E-state index contributed by atoms with van der Waals surface area (Å²) in [6.45, 7) is 1.67. The van der Waals surface area contributed by atoms with Gasteiger partial charge in [0.1, 0.15) is 5.82 Å². The van der Waals surface area contributed by atoms with E-state index in [9.17, 15) is 14.0 Å². The number of carbonyl (C=O) groups is 2. The Morgan fingerprint density at radius 1 is 1.32 bits per heavy atom. The van der Waals surface area contributed by atoms with Crippen LogP contribution >= 0.6 is 0 Å². The molecule has 1 unspecified atom stereocenters. The molecule has 0 saturated heterocycles. The first-order valence-corrected chi connectivity index (χ1v) is 8.29. The third-order valence-corrected chi connectivity index (χ3v) is 4.22. The van der Waals surface area contributed by atoms with Crippen molar-refractivity contribution >= 4 is 11.8 Å². The number of Topliss-reactive ketones (excluding diaryl/α,β-unsaturated/α-hetero) is 1. The molecule has 7 heteroatoms. The fraction of sp³-hybridized carbons (Fsp3) is 0.444. The van der Waals surface area contributed by atoms with Crippen LogP contribution in [0.25, 0.3) is 0 Å². The van der Waals surface area contributed by atoms with Gasteiger partial charge in [0.2, 0.25) is 0 Å². The Bertz CT molecular complexity index is 781. The van der Waals surface area contributed by atoms with E-state index < -0.39 is 17.7 Å². The second kappa shape index (κ2) is 7.13. The van der Waals surface area contributed by atoms with E-state index in [4.69, 9.17) is 4.74 Å². The monoisotopic (exact) mass is 345 g/mol. The molecule has 1 aliphatic rings. The molecule has 1 atom stereocenters. The molecule has 6 nitrogen and oxygen atoms in total. The first-order chi connectivity index (χ1) is 11.9. The Balaban J connectivity index is 1.52. The molecular weight excluding hydrogens is 325 g/mol. The molecule has 0 spiro atoms. The van der Waals surface area contributed by atoms with Crippen molar-refractivity contribution in [3.05, 3.63) is 47.3 Å². The van der Waals surface area contributed by atoms with Gasteiger partial charge in [0, 0.05) is 24.9 Å². The maximum absolute atomic E-state index is 12.9. The Morgan fingerprint density at radius 3 is 2.64 bits per heavy atom. The van der Waals surface area contributed by atoms with Gasteiger partial charge >= 0.3 is 5.97 Å². The van der Waals surface area contributed by atoms with Gasteiger partial charge in [-0.05, 0) is 37.1 Å². The normalized spacial score (nSPS) is 15.0. The summed E-state index contributed by atoms with van der Waals surface area (Å²) in [4.78, 5) is 28.6. The molecule has 1 aliphatic carbocycles. The molecule has 2 aromatic rings. The lowest BCUT2D eigenvalue weighted by atomic mass is 10.00. The molecule has 0 amide bonds. The number of nitrogens with zero attached hydrogens (tertiary/aromatic N) is 3. The van der Waals surface area contributed by atoms with Crippen molar-refractivity contribution in [3.8, 4) is 0 Å². The van der Waals surface area contributed by atoms with Gasteiger partial charge in [0.15, 0.2) is 24.0 Å². The van der Waals surface area contributed by atoms with Gasteiger partial charge in [0.25, 0.3) is 0 Å². The van der Waals surface area contributed by atoms with E-state index in [1.165, 1.54) is 24.3 Å². The Labute approximate surface area is 145 Å². The maximum Gasteiger partial charge on any atom is 0.309 e. The van der Waals surface area contributed by atoms with Crippen molar-refractivity contribution in [3.63, 3.8) is 0 Å². The number of carbonyl (C=O) groups excluding carboxylic acids is 2. The quantitative estimate of drug-likeness (QED) is 0.570. The van der Waals surface area contributed by atoms with E-state index >= 15 is 0 Å². The fourth-order valence-corrected chi connectivity index (χ4v) is 2.47. The molecular formula is C18H20FN3O3. The zero-order chi connectivity index (χ0) is 18.0. The van der Waals surface area contributed by atoms with Crippen LogP contribution in [0.2, 0.25) is 0 Å². The molecule has 25 heavy (non-hydrogen) atoms. The molecule has 0 N–H and O–H groups in total. The first kappa shape index (κ1) is 17.3. The van der Waals surface area contributed by atoms with Crippen LogP contribution in [-0.4, -0.2) is 26.5 Å². The fourth-order valence-electron chi connectivity index (χ4n) is 2.47. The highest BCUT2D eigenvalue weighted by Gasteiger charge is 2.29. The van der Waals surface area contributed by atoms with Crippen LogP contribution in [-0.2, 0) is 23.2 Å². The van der Waals surface area contributed by atoms with E-state index in [2.05, 4.69) is 10.1 Å². The van der Waals surface area contributed by atoms with Crippen LogP contribution in [0.15, 0.2) is 24.3 Å². The first-order valence-electron chi connectivity index (χ1n) is 8.29. The number of halogens is 1. The van der Waals surface area contributed by atoms with E-state index in [0.29, 0.717) is 17.3 Å². The number of benzene rings is 1. The zero-order valence-electron chi connectivity index (χ0n) is 14.2. The van der Waals surface area contributed by atoms with Gasteiger partial charge in [-0.3, -0.25) is 9.59 Å². The highest BCUT2D eigenvalue weighted by atomic mass is 19.1. The van der Waals surface area contributed by atoms with Gasteiger partial charge in [-0.15, -0.1) is 0 Å². The van der Waals surface area contributed by atoms with Crippen molar-refractivity contribution in [2.45, 2.75) is 38.7 Å². The van der Waals surface area contributed by atoms with Gasteiger partial charge in [-0.1, -0.05) is 6.92 Å². The predicted octanol–water partition coefficient (Wildman–Crippen LogP) is 2.78. The average Bonchev–Trinajstić information content (AvgIpc) is 3.37. The second-order valence-electron chi connectivity index (χ2n) is 6.43. The van der Waals surface area contributed by atoms with E-state index in [-0.39, 0.29) is 18.8 Å². The Hall–Kier alpha value is -2.57. The summed E-state index contributed by atoms with van der Waals surface area (Å²) in [6.07, 6.45) is 2.22. The van der Waals surface area contributed by atoms with E-state index in [0.717, 1.165) is 18.7 Å². The number of esters is 1. The molecule has 0 radical (unpaired) electrons. The second-order valence-corrected chi connectivity index (χ2v) is 6.43. The molecule has 1 aromatic heterocycles. The molecule has 1 fully saturated rings. The van der Waals surface area contributed by atoms with E-state index in [1.54, 1.807) is 18.7 Å². The maximum atomic E-state index is 12.9. The summed E-state index contributed by atoms with van der Waals surface area (Å²) in [7, 11) is 1.77. The topological polar surface area (TPSA) is 74.1 Å². The van der Waals surface area contributed by atoms with Crippen molar-refractivity contribution in [1.29, 1.82) is 0 Å². The summed E-state index contributed by atoms with van der Waals surface area (Å²) < 4.78 is 19.8. The smallest absolute Gasteiger partial charge is 0.309 e. The largest absolute Gasteiger partial charge is 0.457 e. The SMILES string of the molecule is CC(CC(=O)c1ccc(F)cc1)C(=O)OCc1nc(C2CC2)nn1C. The molecule has 0 aliphatic heterocycles. The number of ether oxygens (including phenoxy) is 1. The van der Waals surface area contributed by atoms with Crippen LogP contribution in [0.1, 0.15) is 54.1 Å². The lowest BCUT2D eigenvalue weighted by Crippen LogP contribution is -2.19. The Kier molecular flexibility index (Phi) is 4.92. The summed E-state index contributed by atoms with van der Waals surface area (Å²) in [5, 5.41) is 4.32. The summed E-state index contributed by atoms with van der Waals surface area (Å²) >= 11 is 0. The molecule has 132 valence electrons. The summed E-state index contributed by atoms with van der Waals surface area (Å²) in [5.41, 5.74) is 0.378. The minimum atomic E-state index is -0.589. The minimum absolute atomic E-state index is 0.0105. The third-order valence-electron chi connectivity index (χ3n) is 4.22. The minimum Gasteiger partial charge on any atom is -0.457 e. The number of aryl methyl sites for hydroxylation is 1. The van der Waals surface area contributed by atoms with Gasteiger partial charge in [0.05, 0.1) is 5.92 Å². The lowest BCUT2D eigenvalue weighted by molar-refractivity contribution is -0.149. The number of hydrogen-bond donors (Lipinski definition) is 0. The van der Waals surface area contributed by atoms with E-state index in [1.807, 2.05) is 0 Å². The molecule has 3 rings (SSSR count). The molecule has 1 aromatic carbocycles. The van der Waals surface area contributed by atoms with Crippen molar-refractivity contribution < 1.29 is 18.7 Å². The molecule has 0 bridgehead atoms. The molecule has 1 heterocycles. The summed E-state index contributed by atoms with van der Waals surface area (Å²) in [5.74, 6) is 0.140. The highest BCUT2D eigenvalue weighted by Crippen LogP contribution is 2.38. The van der Waals surface area contributed by atoms with Crippen LogP contribution < -0.4 is 0 Å². The van der Waals surface area contributed by atoms with Crippen molar-refractivity contribution in [2.75, 3.05) is 0 Å². The number of ketones is 1. The standard InChI is InChI=1S/C18H20FN3O3/c1-11(9-15(23)12-5-7-14(19)8-6-12)18(24)25-10-16-20-17(13-3-4-13)21-22(16)2/h5-8,11,13H,3-4,9-10H2,1-2H3. The zero-order valence-corrected chi connectivity index (χ0v) is 14.2. The van der Waals surface area contributed by atoms with Crippen molar-refractivity contribution in [2.24, 2.45) is 13.0 Å². The average molecular weight is 345 g/mol. The third kappa shape index (κ3) is 4.29. The van der Waals surface area contributed by atoms with Crippen LogP contribution in [0.3, 0.4) is 0 Å². The van der Waals surface area contributed by atoms with Crippen molar-refractivity contribution in [1.82, 2.24) is 14.8 Å². The number of rotatable bonds is 7. The van der Waals surface area contributed by atoms with Gasteiger partial charge in [-0.2, -0.15) is 5.10 Å². The predicted molar refractivity (Wildman–Crippen MR) is 87.3 cm³/mol.